The summed E-state index contributed by atoms with van der Waals surface area (Å²) in [6, 6.07) is 139. The van der Waals surface area contributed by atoms with Crippen molar-refractivity contribution in [3.05, 3.63) is 409 Å². The lowest BCUT2D eigenvalue weighted by molar-refractivity contribution is 0.590. The predicted octanol–water partition coefficient (Wildman–Crippen LogP) is 25.6. The van der Waals surface area contributed by atoms with E-state index in [4.69, 9.17) is 8.83 Å². The van der Waals surface area contributed by atoms with Crippen LogP contribution >= 0.6 is 0 Å². The van der Waals surface area contributed by atoms with Gasteiger partial charge in [0.1, 0.15) is 11.2 Å². The molecule has 2 heterocycles. The zero-order valence-corrected chi connectivity index (χ0v) is 63.4. The second-order valence-corrected chi connectivity index (χ2v) is 35.4. The average Bonchev–Trinajstić information content (AvgIpc) is 1.52. The van der Waals surface area contributed by atoms with Crippen LogP contribution in [0, 0.1) is 6.92 Å². The molecule has 0 spiro atoms. The molecule has 0 atom stereocenters. The maximum Gasteiger partial charge on any atom is 0.179 e. The molecule has 0 saturated carbocycles. The van der Waals surface area contributed by atoms with Crippen molar-refractivity contribution < 1.29 is 8.83 Å². The lowest BCUT2D eigenvalue weighted by Crippen LogP contribution is -2.74. The maximum absolute atomic E-state index is 7.37. The molecule has 0 amide bonds. The Morgan fingerprint density at radius 3 is 1.19 bits per heavy atom. The van der Waals surface area contributed by atoms with Gasteiger partial charge >= 0.3 is 0 Å². The van der Waals surface area contributed by atoms with Gasteiger partial charge in [0.05, 0.1) is 22.5 Å². The van der Waals surface area contributed by atoms with E-state index in [-0.39, 0.29) is 10.8 Å². The fraction of sp³-hybridized carbons (Fsp3) is 0.0962. The monoisotopic (exact) mass is 1420 g/mol. The van der Waals surface area contributed by atoms with Crippen molar-refractivity contribution >= 4 is 118 Å². The summed E-state index contributed by atoms with van der Waals surface area (Å²) in [5, 5.41) is 11.8. The van der Waals surface area contributed by atoms with E-state index in [0.29, 0.717) is 0 Å². The van der Waals surface area contributed by atoms with Crippen molar-refractivity contribution in [1.29, 1.82) is 0 Å². The fourth-order valence-electron chi connectivity index (χ4n) is 17.8. The van der Waals surface area contributed by atoms with E-state index in [1.54, 1.807) is 0 Å². The Morgan fingerprint density at radius 2 is 0.697 bits per heavy atom. The Labute approximate surface area is 639 Å². The normalized spacial score (nSPS) is 12.8. The molecule has 19 rings (SSSR count). The number of rotatable bonds is 14. The van der Waals surface area contributed by atoms with Crippen molar-refractivity contribution in [3.8, 4) is 33.4 Å². The topological polar surface area (TPSA) is 32.8 Å². The first-order chi connectivity index (χ1) is 53.2. The lowest BCUT2D eigenvalue weighted by atomic mass is 9.67. The molecule has 0 aliphatic heterocycles. The van der Waals surface area contributed by atoms with Gasteiger partial charge in [0.15, 0.2) is 19.2 Å². The van der Waals surface area contributed by atoms with Gasteiger partial charge < -0.3 is 18.6 Å². The predicted molar refractivity (Wildman–Crippen MR) is 462 cm³/mol. The van der Waals surface area contributed by atoms with Crippen LogP contribution in [0.2, 0.25) is 0 Å². The third kappa shape index (κ3) is 11.1. The quantitative estimate of drug-likeness (QED) is 0.0802. The first kappa shape index (κ1) is 66.8. The van der Waals surface area contributed by atoms with Crippen LogP contribution in [0.3, 0.4) is 0 Å². The highest BCUT2D eigenvalue weighted by molar-refractivity contribution is 7.20. The molecule has 5 heteroatoms. The molecule has 0 saturated heterocycles. The van der Waals surface area contributed by atoms with Gasteiger partial charge in [0.2, 0.25) is 0 Å². The van der Waals surface area contributed by atoms with Crippen molar-refractivity contribution in [3.63, 3.8) is 0 Å². The largest absolute Gasteiger partial charge is 0.454 e. The Morgan fingerprint density at radius 1 is 0.284 bits per heavy atom. The smallest absolute Gasteiger partial charge is 0.179 e. The average molecular weight is 1420 g/mol. The molecule has 2 aromatic heterocycles. The minimum absolute atomic E-state index is 0.0854. The van der Waals surface area contributed by atoms with Crippen LogP contribution < -0.4 is 30.5 Å². The zero-order chi connectivity index (χ0) is 73.8. The number of aryl methyl sites for hydroxylation is 1. The lowest BCUT2D eigenvalue weighted by Gasteiger charge is -2.36. The Kier molecular flexibility index (Phi) is 16.1. The molecule has 0 unspecified atom stereocenters. The van der Waals surface area contributed by atoms with Crippen molar-refractivity contribution in [2.75, 3.05) is 9.80 Å². The van der Waals surface area contributed by atoms with Crippen molar-refractivity contribution in [2.24, 2.45) is 0 Å². The molecule has 18 aromatic rings. The van der Waals surface area contributed by atoms with E-state index < -0.39 is 13.5 Å². The molecular weight excluding hydrogens is 1340 g/mol. The first-order valence-electron chi connectivity index (χ1n) is 38.1. The van der Waals surface area contributed by atoms with E-state index in [1.165, 1.54) is 59.7 Å². The summed E-state index contributed by atoms with van der Waals surface area (Å²) in [4.78, 5) is 4.99. The van der Waals surface area contributed by atoms with E-state index in [1.807, 2.05) is 0 Å². The van der Waals surface area contributed by atoms with E-state index in [0.717, 1.165) is 122 Å². The molecule has 0 radical (unpaired) electrons. The van der Waals surface area contributed by atoms with Gasteiger partial charge in [-0.05, 0) is 190 Å². The maximum atomic E-state index is 7.37. The van der Waals surface area contributed by atoms with Crippen LogP contribution in [-0.2, 0) is 16.2 Å². The van der Waals surface area contributed by atoms with Crippen molar-refractivity contribution in [1.82, 2.24) is 0 Å². The van der Waals surface area contributed by atoms with E-state index >= 15 is 0 Å². The summed E-state index contributed by atoms with van der Waals surface area (Å²) in [5.41, 5.74) is 23.4. The van der Waals surface area contributed by atoms with Crippen LogP contribution in [0.1, 0.15) is 80.5 Å². The number of fused-ring (bicyclic) bond motifs is 11. The van der Waals surface area contributed by atoms with E-state index in [9.17, 15) is 0 Å². The number of para-hydroxylation sites is 2. The molecule has 1 aliphatic rings. The summed E-state index contributed by atoms with van der Waals surface area (Å²) < 4.78 is 14.6. The van der Waals surface area contributed by atoms with Gasteiger partial charge in [-0.3, -0.25) is 0 Å². The molecule has 0 fully saturated rings. The molecule has 0 N–H and O–H groups in total. The van der Waals surface area contributed by atoms with Crippen LogP contribution in [0.15, 0.2) is 379 Å². The highest BCUT2D eigenvalue weighted by Gasteiger charge is 2.49. The van der Waals surface area contributed by atoms with Gasteiger partial charge in [-0.15, -0.1) is 0 Å². The summed E-state index contributed by atoms with van der Waals surface area (Å²) in [6.07, 6.45) is 0. The Balaban J connectivity index is 0.888. The summed E-state index contributed by atoms with van der Waals surface area (Å²) >= 11 is 0. The van der Waals surface area contributed by atoms with Crippen LogP contribution in [0.4, 0.5) is 34.1 Å². The van der Waals surface area contributed by atoms with Gasteiger partial charge in [-0.1, -0.05) is 338 Å². The fourth-order valence-corrected chi connectivity index (χ4v) is 22.6. The summed E-state index contributed by atoms with van der Waals surface area (Å²) in [7, 11) is -2.96. The SMILES string of the molecule is Cc1cccc(-c2cc(N(c3ccc(C(C)(C)C)cc3)c3cc4c(c5ccccc35)-c3ccc(N(c5ccc(C(C)(C)C)cc5)c5cc(-c6cccc([Si](c7ccccc7)(c7ccccc7)c7ccccc7)c6)cc6c5oc5ccccc56)cc3C4(c3ccccc3)c3ccccc3)c3oc4ccccc4c3c2)c1. The summed E-state index contributed by atoms with van der Waals surface area (Å²) in [5.74, 6) is 0. The number of benzene rings is 16. The molecule has 1 aliphatic carbocycles. The number of nitrogens with zero attached hydrogens (tertiary/aromatic N) is 2. The Hall–Kier alpha value is -12.8. The highest BCUT2D eigenvalue weighted by Crippen LogP contribution is 2.62. The minimum atomic E-state index is -2.96. The molecule has 4 nitrogen and oxygen atoms in total. The van der Waals surface area contributed by atoms with Gasteiger partial charge in [0, 0.05) is 44.0 Å². The summed E-state index contributed by atoms with van der Waals surface area (Å²) in [6.45, 7) is 15.9. The van der Waals surface area contributed by atoms with Crippen LogP contribution in [0.5, 0.6) is 0 Å². The third-order valence-electron chi connectivity index (χ3n) is 23.0. The van der Waals surface area contributed by atoms with Crippen LogP contribution in [0.25, 0.3) is 88.0 Å². The van der Waals surface area contributed by atoms with Crippen LogP contribution in [-0.4, -0.2) is 8.07 Å². The second-order valence-electron chi connectivity index (χ2n) is 31.6. The number of hydrogen-bond acceptors (Lipinski definition) is 4. The molecule has 0 bridgehead atoms. The van der Waals surface area contributed by atoms with Gasteiger partial charge in [-0.2, -0.15) is 0 Å². The van der Waals surface area contributed by atoms with Gasteiger partial charge in [0.25, 0.3) is 0 Å². The first-order valence-corrected chi connectivity index (χ1v) is 40.1. The van der Waals surface area contributed by atoms with Gasteiger partial charge in [-0.25, -0.2) is 0 Å². The highest BCUT2D eigenvalue weighted by atomic mass is 28.3. The molecule has 524 valence electrons. The second kappa shape index (κ2) is 26.3. The minimum Gasteiger partial charge on any atom is -0.454 e. The molecular formula is C104H82N2O2Si. The number of anilines is 6. The van der Waals surface area contributed by atoms with Crippen molar-refractivity contribution in [2.45, 2.75) is 64.7 Å². The third-order valence-corrected chi connectivity index (χ3v) is 27.8. The van der Waals surface area contributed by atoms with E-state index in [2.05, 4.69) is 428 Å². The Bertz CT molecular complexity index is 6350. The molecule has 16 aromatic carbocycles. The number of hydrogen-bond donors (Lipinski definition) is 0. The standard InChI is InChI=1S/C104H82N2O2Si/c1-69-31-29-32-70(61-69)72-63-91-87-47-26-28-50-98(87)108-101(91)96(66-72)106(79-57-53-75(54-58-79)103(5,6)7)94-68-93-99(88-48-24-23-45-85(88)94)89-60-59-80(67-92(89)104(93,76-34-13-8-14-35-76)77-36-15-9-16-37-77)105(78-55-51-74(52-56-78)102(2,3)4)95-65-73(64-90-86-46-25-27-49-97(86)107-100(90)95)71-33-30-44-84(62-71)109(81-38-17-10-18-39-81,82-40-19-11-20-41-82)83-42-21-12-22-43-83/h8-68H,1-7H3. The zero-order valence-electron chi connectivity index (χ0n) is 62.4. The number of furan rings is 2. The molecule has 109 heavy (non-hydrogen) atoms.